The quantitative estimate of drug-likeness (QED) is 0.435. The summed E-state index contributed by atoms with van der Waals surface area (Å²) in [5, 5.41) is 11.4. The number of halogens is 3. The van der Waals surface area contributed by atoms with Gasteiger partial charge in [0.1, 0.15) is 12.8 Å². The summed E-state index contributed by atoms with van der Waals surface area (Å²) >= 11 is 11.0. The summed E-state index contributed by atoms with van der Waals surface area (Å²) in [6, 6.07) is 4.28. The summed E-state index contributed by atoms with van der Waals surface area (Å²) < 4.78 is 42.1. The van der Waals surface area contributed by atoms with Gasteiger partial charge in [-0.2, -0.15) is 0 Å². The first-order valence-electron chi connectivity index (χ1n) is 8.22. The van der Waals surface area contributed by atoms with E-state index in [1.807, 2.05) is 0 Å². The van der Waals surface area contributed by atoms with Crippen molar-refractivity contribution in [2.24, 2.45) is 5.92 Å². The van der Waals surface area contributed by atoms with E-state index in [1.54, 1.807) is 13.8 Å². The summed E-state index contributed by atoms with van der Waals surface area (Å²) in [5.41, 5.74) is 0.385. The minimum atomic E-state index is -3.46. The molecule has 28 heavy (non-hydrogen) atoms. The number of hydrogen-bond acceptors (Lipinski definition) is 5. The lowest BCUT2D eigenvalue weighted by molar-refractivity contribution is -0.120. The molecule has 1 amide bonds. The molecular formula is C17H22Cl2FNO6S. The van der Waals surface area contributed by atoms with E-state index in [9.17, 15) is 22.4 Å². The Labute approximate surface area is 173 Å². The van der Waals surface area contributed by atoms with Gasteiger partial charge in [0.2, 0.25) is 0 Å². The average Bonchev–Trinajstić information content (AvgIpc) is 2.59. The van der Waals surface area contributed by atoms with Gasteiger partial charge in [-0.1, -0.05) is 49.2 Å². The lowest BCUT2D eigenvalue weighted by Gasteiger charge is -2.34. The van der Waals surface area contributed by atoms with Gasteiger partial charge in [-0.25, -0.2) is 17.6 Å². The van der Waals surface area contributed by atoms with E-state index in [4.69, 9.17) is 33.0 Å². The van der Waals surface area contributed by atoms with Crippen LogP contribution in [0.5, 0.6) is 0 Å². The highest BCUT2D eigenvalue weighted by molar-refractivity contribution is 7.90. The molecule has 0 spiro atoms. The van der Waals surface area contributed by atoms with E-state index in [0.29, 0.717) is 5.56 Å². The Morgan fingerprint density at radius 3 is 2.11 bits per heavy atom. The molecule has 0 saturated heterocycles. The molecule has 158 valence electrons. The van der Waals surface area contributed by atoms with Gasteiger partial charge in [0, 0.05) is 12.2 Å². The van der Waals surface area contributed by atoms with Crippen LogP contribution in [0.1, 0.15) is 25.3 Å². The van der Waals surface area contributed by atoms with Gasteiger partial charge in [-0.15, -0.1) is 0 Å². The Balaban J connectivity index is 3.44. The van der Waals surface area contributed by atoms with E-state index in [2.05, 4.69) is 5.32 Å². The van der Waals surface area contributed by atoms with E-state index in [0.717, 1.165) is 6.26 Å². The van der Waals surface area contributed by atoms with Crippen LogP contribution in [0.25, 0.3) is 0 Å². The number of amides is 1. The molecule has 0 saturated carbocycles. The fourth-order valence-corrected chi connectivity index (χ4v) is 3.56. The first-order valence-corrected chi connectivity index (χ1v) is 11.0. The molecule has 1 rings (SSSR count). The van der Waals surface area contributed by atoms with Crippen LogP contribution < -0.4 is 5.32 Å². The molecule has 0 bridgehead atoms. The summed E-state index contributed by atoms with van der Waals surface area (Å²) in [6.45, 7) is 2.29. The minimum absolute atomic E-state index is 0.0395. The smallest absolute Gasteiger partial charge is 0.450 e. The third-order valence-electron chi connectivity index (χ3n) is 4.07. The van der Waals surface area contributed by atoms with Crippen LogP contribution in [0.2, 0.25) is 0 Å². The summed E-state index contributed by atoms with van der Waals surface area (Å²) in [7, 11) is -3.46. The Morgan fingerprint density at radius 2 is 1.75 bits per heavy atom. The van der Waals surface area contributed by atoms with E-state index in [-0.39, 0.29) is 10.8 Å². The van der Waals surface area contributed by atoms with Crippen LogP contribution in [-0.4, -0.2) is 55.5 Å². The predicted molar refractivity (Wildman–Crippen MR) is 103 cm³/mol. The predicted octanol–water partition coefficient (Wildman–Crippen LogP) is 3.15. The molecule has 1 aromatic rings. The molecule has 7 nitrogen and oxygen atoms in total. The Morgan fingerprint density at radius 1 is 1.21 bits per heavy atom. The lowest BCUT2D eigenvalue weighted by Crippen LogP contribution is -2.48. The molecule has 1 aromatic carbocycles. The second-order valence-corrected chi connectivity index (χ2v) is 9.64. The van der Waals surface area contributed by atoms with Gasteiger partial charge >= 0.3 is 6.16 Å². The highest BCUT2D eigenvalue weighted by atomic mass is 35.5. The monoisotopic (exact) mass is 457 g/mol. The maximum Gasteiger partial charge on any atom is 0.506 e. The third kappa shape index (κ3) is 6.79. The zero-order valence-electron chi connectivity index (χ0n) is 15.4. The number of alkyl halides is 3. The molecule has 0 aromatic heterocycles. The largest absolute Gasteiger partial charge is 0.506 e. The molecule has 2 N–H and O–H groups in total. The van der Waals surface area contributed by atoms with Crippen LogP contribution in [0.4, 0.5) is 9.18 Å². The average molecular weight is 458 g/mol. The van der Waals surface area contributed by atoms with Crippen LogP contribution in [0, 0.1) is 5.92 Å². The van der Waals surface area contributed by atoms with E-state index in [1.165, 1.54) is 24.3 Å². The molecule has 2 unspecified atom stereocenters. The lowest BCUT2D eigenvalue weighted by atomic mass is 9.82. The molecule has 0 aliphatic carbocycles. The van der Waals surface area contributed by atoms with Crippen LogP contribution in [0.3, 0.4) is 0 Å². The molecule has 0 heterocycles. The zero-order chi connectivity index (χ0) is 21.6. The fraction of sp³-hybridized carbons (Fsp3) is 0.529. The highest BCUT2D eigenvalue weighted by Crippen LogP contribution is 2.32. The van der Waals surface area contributed by atoms with Gasteiger partial charge in [-0.05, 0) is 23.6 Å². The number of benzene rings is 1. The SMILES string of the molecule is CC(C)[C@@H](OC(=O)O)C(c1ccc(S(C)(=O)=O)cc1)C(CF)NC(=O)C(Cl)Cl. The van der Waals surface area contributed by atoms with Gasteiger partial charge < -0.3 is 15.2 Å². The Bertz CT molecular complexity index is 785. The highest BCUT2D eigenvalue weighted by Gasteiger charge is 2.37. The van der Waals surface area contributed by atoms with Crippen molar-refractivity contribution in [2.45, 2.75) is 41.6 Å². The number of carbonyl (C=O) groups excluding carboxylic acids is 1. The van der Waals surface area contributed by atoms with Crippen LogP contribution in [0.15, 0.2) is 29.2 Å². The zero-order valence-corrected chi connectivity index (χ0v) is 17.8. The van der Waals surface area contributed by atoms with Gasteiger partial charge in [0.15, 0.2) is 14.7 Å². The van der Waals surface area contributed by atoms with Crippen molar-refractivity contribution in [3.8, 4) is 0 Å². The fourth-order valence-electron chi connectivity index (χ4n) is 2.80. The van der Waals surface area contributed by atoms with Crippen molar-refractivity contribution in [1.82, 2.24) is 5.32 Å². The Kier molecular flexibility index (Phi) is 8.97. The number of rotatable bonds is 9. The first-order chi connectivity index (χ1) is 12.9. The van der Waals surface area contributed by atoms with Gasteiger partial charge in [0.05, 0.1) is 10.9 Å². The molecule has 0 aliphatic heterocycles. The van der Waals surface area contributed by atoms with Crippen molar-refractivity contribution in [3.63, 3.8) is 0 Å². The number of hydrogen-bond donors (Lipinski definition) is 2. The Hall–Kier alpha value is -1.58. The maximum atomic E-state index is 13.8. The molecule has 0 radical (unpaired) electrons. The topological polar surface area (TPSA) is 110 Å². The first kappa shape index (κ1) is 24.5. The van der Waals surface area contributed by atoms with Crippen LogP contribution in [-0.2, 0) is 19.4 Å². The summed E-state index contributed by atoms with van der Waals surface area (Å²) in [6.07, 6.45) is -1.56. The van der Waals surface area contributed by atoms with Crippen molar-refractivity contribution in [2.75, 3.05) is 12.9 Å². The van der Waals surface area contributed by atoms with Gasteiger partial charge in [0.25, 0.3) is 5.91 Å². The molecule has 11 heteroatoms. The second-order valence-electron chi connectivity index (χ2n) is 6.53. The summed E-state index contributed by atoms with van der Waals surface area (Å²) in [4.78, 5) is 21.6. The van der Waals surface area contributed by atoms with E-state index >= 15 is 0 Å². The maximum absolute atomic E-state index is 13.8. The number of sulfone groups is 1. The number of nitrogens with one attached hydrogen (secondary N) is 1. The normalized spacial score (nSPS) is 15.1. The molecular weight excluding hydrogens is 436 g/mol. The summed E-state index contributed by atoms with van der Waals surface area (Å²) in [5.74, 6) is -2.18. The molecule has 0 fully saturated rings. The second kappa shape index (κ2) is 10.3. The van der Waals surface area contributed by atoms with Crippen molar-refractivity contribution in [1.29, 1.82) is 0 Å². The number of ether oxygens (including phenoxy) is 1. The number of carbonyl (C=O) groups is 2. The van der Waals surface area contributed by atoms with Crippen molar-refractivity contribution in [3.05, 3.63) is 29.8 Å². The molecule has 3 atom stereocenters. The number of carboxylic acid groups (broad SMARTS) is 1. The van der Waals surface area contributed by atoms with Gasteiger partial charge in [-0.3, -0.25) is 4.79 Å². The molecule has 0 aliphatic rings. The third-order valence-corrected chi connectivity index (χ3v) is 5.59. The van der Waals surface area contributed by atoms with E-state index < -0.39 is 51.5 Å². The minimum Gasteiger partial charge on any atom is -0.450 e. The van der Waals surface area contributed by atoms with Crippen molar-refractivity contribution >= 4 is 45.1 Å². The standard InChI is InChI=1S/C17H22Cl2FNO6S/c1-9(2)14(27-17(23)24)13(12(8-20)21-16(22)15(18)19)10-4-6-11(7-5-10)28(3,25)26/h4-7,9,12-15H,8H2,1-3H3,(H,21,22)(H,23,24)/t12?,13?,14-/m1/s1. The van der Waals surface area contributed by atoms with Crippen LogP contribution >= 0.6 is 23.2 Å². The van der Waals surface area contributed by atoms with Crippen molar-refractivity contribution < 1.29 is 32.2 Å².